The molecule has 19 heavy (non-hydrogen) atoms. The summed E-state index contributed by atoms with van der Waals surface area (Å²) in [6.07, 6.45) is -0.352. The van der Waals surface area contributed by atoms with Crippen LogP contribution in [-0.2, 0) is 15.9 Å². The molecule has 0 saturated carbocycles. The summed E-state index contributed by atoms with van der Waals surface area (Å²) in [5, 5.41) is 11.0. The van der Waals surface area contributed by atoms with Crippen LogP contribution in [0.25, 0.3) is 0 Å². The summed E-state index contributed by atoms with van der Waals surface area (Å²) in [7, 11) is 2.90. The fraction of sp³-hybridized carbons (Fsp3) is 0.417. The lowest BCUT2D eigenvalue weighted by Gasteiger charge is -2.13. The molecule has 0 aliphatic rings. The molecule has 0 amide bonds. The molecule has 0 aromatic heterocycles. The molecule has 0 atom stereocenters. The molecule has 1 aromatic carbocycles. The summed E-state index contributed by atoms with van der Waals surface area (Å²) in [5.74, 6) is -0.343. The van der Waals surface area contributed by atoms with Gasteiger partial charge in [-0.05, 0) is 0 Å². The van der Waals surface area contributed by atoms with Gasteiger partial charge in [-0.1, -0.05) is 12.1 Å². The van der Waals surface area contributed by atoms with Gasteiger partial charge < -0.3 is 15.2 Å². The Kier molecular flexibility index (Phi) is 5.56. The average Bonchev–Trinajstić information content (AvgIpc) is 2.43. The minimum absolute atomic E-state index is 0.140. The molecule has 1 rings (SSSR count). The molecule has 104 valence electrons. The van der Waals surface area contributed by atoms with Crippen molar-refractivity contribution in [2.24, 2.45) is 5.73 Å². The third kappa shape index (κ3) is 3.82. The minimum Gasteiger partial charge on any atom is -0.356 e. The highest BCUT2D eigenvalue weighted by molar-refractivity contribution is 5.98. The Morgan fingerprint density at radius 2 is 2.05 bits per heavy atom. The Hall–Kier alpha value is -1.83. The zero-order chi connectivity index (χ0) is 14.4. The van der Waals surface area contributed by atoms with Crippen LogP contribution in [0.15, 0.2) is 18.2 Å². The van der Waals surface area contributed by atoms with E-state index in [0.29, 0.717) is 5.56 Å². The van der Waals surface area contributed by atoms with Crippen molar-refractivity contribution in [2.75, 3.05) is 20.8 Å². The summed E-state index contributed by atoms with van der Waals surface area (Å²) in [5.41, 5.74) is 5.76. The number of Topliss-reactive ketones (excluding diaryl/α,β-unsaturated/α-hetero) is 1. The number of ether oxygens (including phenoxy) is 2. The van der Waals surface area contributed by atoms with Gasteiger partial charge in [0.15, 0.2) is 12.1 Å². The second-order valence-corrected chi connectivity index (χ2v) is 3.83. The van der Waals surface area contributed by atoms with Gasteiger partial charge in [-0.15, -0.1) is 0 Å². The molecule has 0 fully saturated rings. The van der Waals surface area contributed by atoms with Crippen molar-refractivity contribution >= 4 is 11.5 Å². The molecule has 7 heteroatoms. The van der Waals surface area contributed by atoms with Crippen molar-refractivity contribution in [3.8, 4) is 0 Å². The molecule has 0 aliphatic carbocycles. The number of hydrogen-bond donors (Lipinski definition) is 1. The Labute approximate surface area is 110 Å². The molecule has 0 unspecified atom stereocenters. The first kappa shape index (κ1) is 15.2. The Morgan fingerprint density at radius 3 is 2.53 bits per heavy atom. The fourth-order valence-corrected chi connectivity index (χ4v) is 1.64. The van der Waals surface area contributed by atoms with E-state index < -0.39 is 11.2 Å². The summed E-state index contributed by atoms with van der Waals surface area (Å²) in [4.78, 5) is 21.9. The number of carbonyl (C=O) groups excluding carboxylic acids is 1. The van der Waals surface area contributed by atoms with E-state index >= 15 is 0 Å². The number of hydrogen-bond acceptors (Lipinski definition) is 6. The van der Waals surface area contributed by atoms with Gasteiger partial charge in [0, 0.05) is 37.8 Å². The topological polar surface area (TPSA) is 105 Å². The van der Waals surface area contributed by atoms with Gasteiger partial charge in [-0.3, -0.25) is 14.9 Å². The van der Waals surface area contributed by atoms with Gasteiger partial charge in [0.2, 0.25) is 0 Å². The summed E-state index contributed by atoms with van der Waals surface area (Å²) < 4.78 is 10.0. The van der Waals surface area contributed by atoms with Gasteiger partial charge >= 0.3 is 0 Å². The molecule has 0 aliphatic heterocycles. The minimum atomic E-state index is -0.574. The van der Waals surface area contributed by atoms with E-state index in [4.69, 9.17) is 15.2 Å². The average molecular weight is 268 g/mol. The predicted octanol–water partition coefficient (Wildman–Crippen LogP) is 0.898. The predicted molar refractivity (Wildman–Crippen MR) is 68.0 cm³/mol. The first-order chi connectivity index (χ1) is 9.03. The molecular formula is C12H16N2O5. The number of nitro groups is 1. The van der Waals surface area contributed by atoms with Crippen LogP contribution in [0.4, 0.5) is 5.69 Å². The Balaban J connectivity index is 3.11. The van der Waals surface area contributed by atoms with Crippen LogP contribution in [0.1, 0.15) is 15.9 Å². The van der Waals surface area contributed by atoms with Crippen LogP contribution in [0.5, 0.6) is 0 Å². The SMILES string of the molecule is COC(Cc1ccc(C(=O)CN)cc1[N+](=O)[O-])OC. The Bertz CT molecular complexity index is 471. The van der Waals surface area contributed by atoms with Crippen molar-refractivity contribution in [2.45, 2.75) is 12.7 Å². The normalized spacial score (nSPS) is 10.7. The van der Waals surface area contributed by atoms with Crippen LogP contribution >= 0.6 is 0 Å². The van der Waals surface area contributed by atoms with Gasteiger partial charge in [-0.2, -0.15) is 0 Å². The van der Waals surface area contributed by atoms with Crippen molar-refractivity contribution in [1.82, 2.24) is 0 Å². The molecule has 0 saturated heterocycles. The molecule has 2 N–H and O–H groups in total. The fourth-order valence-electron chi connectivity index (χ4n) is 1.64. The Morgan fingerprint density at radius 1 is 1.42 bits per heavy atom. The number of nitrogens with two attached hydrogens (primary N) is 1. The maximum atomic E-state index is 11.4. The van der Waals surface area contributed by atoms with Crippen LogP contribution < -0.4 is 5.73 Å². The first-order valence-electron chi connectivity index (χ1n) is 5.59. The standard InChI is InChI=1S/C12H16N2O5/c1-18-12(19-2)6-8-3-4-9(11(15)7-13)5-10(8)14(16)17/h3-5,12H,6-7,13H2,1-2H3. The van der Waals surface area contributed by atoms with Crippen LogP contribution in [0, 0.1) is 10.1 Å². The molecule has 0 heterocycles. The van der Waals surface area contributed by atoms with E-state index in [9.17, 15) is 14.9 Å². The molecular weight excluding hydrogens is 252 g/mol. The summed E-state index contributed by atoms with van der Waals surface area (Å²) in [6, 6.07) is 4.26. The lowest BCUT2D eigenvalue weighted by atomic mass is 10.0. The number of rotatable bonds is 7. The van der Waals surface area contributed by atoms with E-state index in [1.807, 2.05) is 0 Å². The summed E-state index contributed by atoms with van der Waals surface area (Å²) >= 11 is 0. The highest BCUT2D eigenvalue weighted by Gasteiger charge is 2.19. The van der Waals surface area contributed by atoms with Crippen LogP contribution in [0.2, 0.25) is 0 Å². The lowest BCUT2D eigenvalue weighted by molar-refractivity contribution is -0.385. The van der Waals surface area contributed by atoms with Crippen molar-refractivity contribution in [3.63, 3.8) is 0 Å². The largest absolute Gasteiger partial charge is 0.356 e. The van der Waals surface area contributed by atoms with E-state index in [1.54, 1.807) is 0 Å². The highest BCUT2D eigenvalue weighted by atomic mass is 16.7. The summed E-state index contributed by atoms with van der Waals surface area (Å²) in [6.45, 7) is -0.185. The number of nitro benzene ring substituents is 1. The number of nitrogens with zero attached hydrogens (tertiary/aromatic N) is 1. The number of benzene rings is 1. The van der Waals surface area contributed by atoms with Crippen molar-refractivity contribution < 1.29 is 19.2 Å². The molecule has 7 nitrogen and oxygen atoms in total. The second-order valence-electron chi connectivity index (χ2n) is 3.83. The molecule has 0 spiro atoms. The van der Waals surface area contributed by atoms with Gasteiger partial charge in [-0.25, -0.2) is 0 Å². The van der Waals surface area contributed by atoms with E-state index in [0.717, 1.165) is 0 Å². The molecule has 1 aromatic rings. The van der Waals surface area contributed by atoms with Gasteiger partial charge in [0.1, 0.15) is 0 Å². The third-order valence-electron chi connectivity index (χ3n) is 2.70. The smallest absolute Gasteiger partial charge is 0.273 e. The van der Waals surface area contributed by atoms with Gasteiger partial charge in [0.25, 0.3) is 5.69 Å². The quantitative estimate of drug-likeness (QED) is 0.341. The third-order valence-corrected chi connectivity index (χ3v) is 2.70. The van der Waals surface area contributed by atoms with Crippen LogP contribution in [-0.4, -0.2) is 37.8 Å². The maximum Gasteiger partial charge on any atom is 0.273 e. The molecule has 0 radical (unpaired) electrons. The van der Waals surface area contributed by atoms with E-state index in [2.05, 4.69) is 0 Å². The second kappa shape index (κ2) is 6.93. The van der Waals surface area contributed by atoms with Crippen molar-refractivity contribution in [3.05, 3.63) is 39.4 Å². The maximum absolute atomic E-state index is 11.4. The van der Waals surface area contributed by atoms with E-state index in [1.165, 1.54) is 32.4 Å². The number of carbonyl (C=O) groups is 1. The zero-order valence-electron chi connectivity index (χ0n) is 10.8. The highest BCUT2D eigenvalue weighted by Crippen LogP contribution is 2.22. The first-order valence-corrected chi connectivity index (χ1v) is 5.59. The van der Waals surface area contributed by atoms with Crippen molar-refractivity contribution in [1.29, 1.82) is 0 Å². The zero-order valence-corrected chi connectivity index (χ0v) is 10.8. The van der Waals surface area contributed by atoms with Crippen LogP contribution in [0.3, 0.4) is 0 Å². The number of ketones is 1. The lowest BCUT2D eigenvalue weighted by Crippen LogP contribution is -2.18. The van der Waals surface area contributed by atoms with Gasteiger partial charge in [0.05, 0.1) is 11.5 Å². The monoisotopic (exact) mass is 268 g/mol. The molecule has 0 bridgehead atoms. The van der Waals surface area contributed by atoms with E-state index in [-0.39, 0.29) is 30.0 Å². The number of methoxy groups -OCH3 is 2.